The Kier molecular flexibility index (Phi) is 3.63. The first-order chi connectivity index (χ1) is 11.3. The van der Waals surface area contributed by atoms with E-state index in [9.17, 15) is 4.79 Å². The van der Waals surface area contributed by atoms with Crippen molar-refractivity contribution in [3.05, 3.63) is 59.7 Å². The predicted octanol–water partition coefficient (Wildman–Crippen LogP) is 2.34. The number of ether oxygens (including phenoxy) is 2. The number of carbonyl (C=O) groups is 1. The normalized spacial score (nSPS) is 22.7. The molecule has 0 spiro atoms. The van der Waals surface area contributed by atoms with Crippen molar-refractivity contribution < 1.29 is 14.3 Å². The molecule has 2 heterocycles. The number of benzene rings is 2. The Balaban J connectivity index is 1.50. The first-order valence-corrected chi connectivity index (χ1v) is 7.78. The summed E-state index contributed by atoms with van der Waals surface area (Å²) in [6.45, 7) is 0.267. The molecule has 118 valence electrons. The summed E-state index contributed by atoms with van der Waals surface area (Å²) in [7, 11) is 0. The number of carbonyl (C=O) groups excluding carboxylic acids is 1. The van der Waals surface area contributed by atoms with Gasteiger partial charge in [0.1, 0.15) is 0 Å². The van der Waals surface area contributed by atoms with Crippen LogP contribution in [0.5, 0.6) is 11.5 Å². The van der Waals surface area contributed by atoms with E-state index in [1.54, 1.807) is 0 Å². The van der Waals surface area contributed by atoms with Crippen molar-refractivity contribution in [3.8, 4) is 11.5 Å². The Hall–Kier alpha value is -2.53. The van der Waals surface area contributed by atoms with Gasteiger partial charge in [-0.1, -0.05) is 36.4 Å². The van der Waals surface area contributed by atoms with Gasteiger partial charge in [0.05, 0.1) is 6.04 Å². The molecule has 1 fully saturated rings. The molecule has 4 rings (SSSR count). The van der Waals surface area contributed by atoms with Crippen LogP contribution in [0.2, 0.25) is 0 Å². The molecule has 1 amide bonds. The van der Waals surface area contributed by atoms with Gasteiger partial charge in [-0.2, -0.15) is 0 Å². The fourth-order valence-corrected chi connectivity index (χ4v) is 3.14. The van der Waals surface area contributed by atoms with E-state index < -0.39 is 0 Å². The topological polar surface area (TPSA) is 59.6 Å². The highest BCUT2D eigenvalue weighted by Crippen LogP contribution is 2.34. The minimum absolute atomic E-state index is 0.0369. The number of hydrogen-bond donors (Lipinski definition) is 2. The number of fused-ring (bicyclic) bond motifs is 1. The summed E-state index contributed by atoms with van der Waals surface area (Å²) >= 11 is 0. The molecule has 2 aliphatic heterocycles. The van der Waals surface area contributed by atoms with Gasteiger partial charge in [0, 0.05) is 5.92 Å². The lowest BCUT2D eigenvalue weighted by molar-refractivity contribution is -0.128. The molecular formula is C18H18N2O3. The number of amides is 1. The van der Waals surface area contributed by atoms with E-state index in [4.69, 9.17) is 9.47 Å². The van der Waals surface area contributed by atoms with Crippen molar-refractivity contribution in [1.29, 1.82) is 0 Å². The fraction of sp³-hybridized carbons (Fsp3) is 0.278. The van der Waals surface area contributed by atoms with Gasteiger partial charge in [0.2, 0.25) is 12.7 Å². The predicted molar refractivity (Wildman–Crippen MR) is 84.8 cm³/mol. The van der Waals surface area contributed by atoms with Crippen molar-refractivity contribution in [2.75, 3.05) is 6.79 Å². The highest BCUT2D eigenvalue weighted by molar-refractivity contribution is 5.79. The summed E-state index contributed by atoms with van der Waals surface area (Å²) in [6, 6.07) is 16.2. The Labute approximate surface area is 134 Å². The summed E-state index contributed by atoms with van der Waals surface area (Å²) in [5.74, 6) is 1.50. The second kappa shape index (κ2) is 5.93. The number of hydrazine groups is 1. The zero-order valence-corrected chi connectivity index (χ0v) is 12.6. The smallest absolute Gasteiger partial charge is 0.237 e. The van der Waals surface area contributed by atoms with Crippen molar-refractivity contribution in [1.82, 2.24) is 10.9 Å². The Morgan fingerprint density at radius 3 is 2.74 bits per heavy atom. The lowest BCUT2D eigenvalue weighted by atomic mass is 9.88. The molecule has 2 N–H and O–H groups in total. The molecule has 23 heavy (non-hydrogen) atoms. The molecule has 2 atom stereocenters. The molecule has 1 saturated heterocycles. The van der Waals surface area contributed by atoms with Crippen LogP contribution >= 0.6 is 0 Å². The summed E-state index contributed by atoms with van der Waals surface area (Å²) < 4.78 is 10.7. The van der Waals surface area contributed by atoms with Crippen molar-refractivity contribution in [3.63, 3.8) is 0 Å². The maximum absolute atomic E-state index is 12.2. The fourth-order valence-electron chi connectivity index (χ4n) is 3.14. The van der Waals surface area contributed by atoms with Crippen LogP contribution in [-0.4, -0.2) is 12.7 Å². The van der Waals surface area contributed by atoms with E-state index in [0.717, 1.165) is 23.5 Å². The second-order valence-corrected chi connectivity index (χ2v) is 5.92. The lowest BCUT2D eigenvalue weighted by Gasteiger charge is -2.30. The Bertz CT molecular complexity index is 717. The lowest BCUT2D eigenvalue weighted by Crippen LogP contribution is -2.49. The van der Waals surface area contributed by atoms with E-state index >= 15 is 0 Å². The van der Waals surface area contributed by atoms with Crippen LogP contribution in [0, 0.1) is 5.92 Å². The van der Waals surface area contributed by atoms with E-state index in [0.29, 0.717) is 6.42 Å². The monoisotopic (exact) mass is 310 g/mol. The molecule has 5 heteroatoms. The summed E-state index contributed by atoms with van der Waals surface area (Å²) in [5.41, 5.74) is 8.18. The average Bonchev–Trinajstić information content (AvgIpc) is 3.05. The second-order valence-electron chi connectivity index (χ2n) is 5.92. The standard InChI is InChI=1S/C18H18N2O3/c21-18-14(8-12-6-7-16-17(9-12)23-11-22-16)10-15(19-20-18)13-4-2-1-3-5-13/h1-7,9,14-15,19H,8,10-11H2,(H,20,21). The third-order valence-corrected chi connectivity index (χ3v) is 4.38. The van der Waals surface area contributed by atoms with E-state index in [2.05, 4.69) is 23.0 Å². The molecule has 5 nitrogen and oxygen atoms in total. The third kappa shape index (κ3) is 2.87. The van der Waals surface area contributed by atoms with Crippen LogP contribution in [-0.2, 0) is 11.2 Å². The molecule has 0 saturated carbocycles. The largest absolute Gasteiger partial charge is 0.454 e. The van der Waals surface area contributed by atoms with Gasteiger partial charge in [0.25, 0.3) is 0 Å². The van der Waals surface area contributed by atoms with Crippen molar-refractivity contribution >= 4 is 5.91 Å². The highest BCUT2D eigenvalue weighted by atomic mass is 16.7. The van der Waals surface area contributed by atoms with Crippen molar-refractivity contribution in [2.45, 2.75) is 18.9 Å². The Morgan fingerprint density at radius 1 is 1.04 bits per heavy atom. The van der Waals surface area contributed by atoms with Crippen LogP contribution in [0.3, 0.4) is 0 Å². The van der Waals surface area contributed by atoms with Gasteiger partial charge in [0.15, 0.2) is 11.5 Å². The van der Waals surface area contributed by atoms with Gasteiger partial charge in [-0.25, -0.2) is 5.43 Å². The molecule has 2 aliphatic rings. The maximum Gasteiger partial charge on any atom is 0.237 e. The Morgan fingerprint density at radius 2 is 1.87 bits per heavy atom. The summed E-state index contributed by atoms with van der Waals surface area (Å²) in [6.07, 6.45) is 1.46. The number of nitrogens with one attached hydrogen (secondary N) is 2. The third-order valence-electron chi connectivity index (χ3n) is 4.38. The van der Waals surface area contributed by atoms with E-state index in [-0.39, 0.29) is 24.7 Å². The zero-order chi connectivity index (χ0) is 15.6. The van der Waals surface area contributed by atoms with E-state index in [1.165, 1.54) is 5.56 Å². The minimum Gasteiger partial charge on any atom is -0.454 e. The van der Waals surface area contributed by atoms with E-state index in [1.807, 2.05) is 36.4 Å². The molecule has 2 aromatic carbocycles. The first kappa shape index (κ1) is 14.1. The average molecular weight is 310 g/mol. The quantitative estimate of drug-likeness (QED) is 0.913. The van der Waals surface area contributed by atoms with Crippen LogP contribution in [0.15, 0.2) is 48.5 Å². The molecule has 2 unspecified atom stereocenters. The van der Waals surface area contributed by atoms with Gasteiger partial charge in [-0.3, -0.25) is 10.2 Å². The molecule has 0 aromatic heterocycles. The minimum atomic E-state index is -0.0678. The van der Waals surface area contributed by atoms with Crippen LogP contribution in [0.4, 0.5) is 0 Å². The van der Waals surface area contributed by atoms with Gasteiger partial charge >= 0.3 is 0 Å². The first-order valence-electron chi connectivity index (χ1n) is 7.78. The maximum atomic E-state index is 12.2. The molecule has 0 radical (unpaired) electrons. The molecule has 0 bridgehead atoms. The number of rotatable bonds is 3. The van der Waals surface area contributed by atoms with Gasteiger partial charge < -0.3 is 9.47 Å². The van der Waals surface area contributed by atoms with Crippen LogP contribution < -0.4 is 20.3 Å². The van der Waals surface area contributed by atoms with Crippen LogP contribution in [0.25, 0.3) is 0 Å². The number of hydrogen-bond acceptors (Lipinski definition) is 4. The molecule has 2 aromatic rings. The van der Waals surface area contributed by atoms with Gasteiger partial charge in [-0.05, 0) is 36.1 Å². The molecular weight excluding hydrogens is 292 g/mol. The zero-order valence-electron chi connectivity index (χ0n) is 12.6. The van der Waals surface area contributed by atoms with Gasteiger partial charge in [-0.15, -0.1) is 0 Å². The van der Waals surface area contributed by atoms with Crippen LogP contribution in [0.1, 0.15) is 23.6 Å². The van der Waals surface area contributed by atoms with Crippen molar-refractivity contribution in [2.24, 2.45) is 5.92 Å². The molecule has 0 aliphatic carbocycles. The highest BCUT2D eigenvalue weighted by Gasteiger charge is 2.29. The summed E-state index contributed by atoms with van der Waals surface area (Å²) in [5, 5.41) is 0. The summed E-state index contributed by atoms with van der Waals surface area (Å²) in [4.78, 5) is 12.2. The SMILES string of the molecule is O=C1NNC(c2ccccc2)CC1Cc1ccc2c(c1)OCO2.